The van der Waals surface area contributed by atoms with Crippen molar-refractivity contribution in [2.75, 3.05) is 11.9 Å². The Bertz CT molecular complexity index is 1740. The van der Waals surface area contributed by atoms with Gasteiger partial charge in [-0.15, -0.1) is 0 Å². The highest BCUT2D eigenvalue weighted by Gasteiger charge is 2.30. The molecule has 1 aromatic heterocycles. The van der Waals surface area contributed by atoms with Gasteiger partial charge in [0.05, 0.1) is 6.04 Å². The van der Waals surface area contributed by atoms with Gasteiger partial charge in [0, 0.05) is 48.2 Å². The van der Waals surface area contributed by atoms with Gasteiger partial charge < -0.3 is 25.0 Å². The van der Waals surface area contributed by atoms with Gasteiger partial charge in [0.1, 0.15) is 35.4 Å². The van der Waals surface area contributed by atoms with E-state index in [9.17, 15) is 37.1 Å². The van der Waals surface area contributed by atoms with Gasteiger partial charge in [-0.3, -0.25) is 9.59 Å². The van der Waals surface area contributed by atoms with Crippen LogP contribution in [-0.4, -0.2) is 28.1 Å². The van der Waals surface area contributed by atoms with Gasteiger partial charge in [-0.2, -0.15) is 0 Å². The zero-order valence-electron chi connectivity index (χ0n) is 22.5. The van der Waals surface area contributed by atoms with Crippen molar-refractivity contribution in [2.45, 2.75) is 32.0 Å². The molecule has 0 radical (unpaired) electrons. The number of carboxylic acids is 1. The summed E-state index contributed by atoms with van der Waals surface area (Å²) in [5.74, 6) is -7.24. The summed E-state index contributed by atoms with van der Waals surface area (Å²) in [7, 11) is 0. The second-order valence-electron chi connectivity index (χ2n) is 9.91. The third-order valence-corrected chi connectivity index (χ3v) is 7.16. The van der Waals surface area contributed by atoms with Crippen LogP contribution in [-0.2, 0) is 19.6 Å². The Kier molecular flexibility index (Phi) is 8.46. The fourth-order valence-electron chi connectivity index (χ4n) is 4.99. The number of anilines is 1. The number of aromatic carboxylic acids is 1. The van der Waals surface area contributed by atoms with Crippen LogP contribution in [0.4, 0.5) is 23.2 Å². The van der Waals surface area contributed by atoms with E-state index in [0.717, 1.165) is 6.20 Å². The maximum atomic E-state index is 14.5. The minimum absolute atomic E-state index is 0.116. The van der Waals surface area contributed by atoms with Crippen molar-refractivity contribution >= 4 is 17.6 Å². The van der Waals surface area contributed by atoms with Crippen LogP contribution in [0.2, 0.25) is 0 Å². The van der Waals surface area contributed by atoms with E-state index in [4.69, 9.17) is 4.74 Å². The highest BCUT2D eigenvalue weighted by molar-refractivity contribution is 5.96. The molecule has 1 aliphatic heterocycles. The summed E-state index contributed by atoms with van der Waals surface area (Å²) in [6.07, 6.45) is 1.50. The first-order valence-electron chi connectivity index (χ1n) is 13.3. The highest BCUT2D eigenvalue weighted by atomic mass is 19.1. The number of nitrogens with zero attached hydrogens (tertiary/aromatic N) is 1. The molecule has 0 bridgehead atoms. The molecule has 0 fully saturated rings. The monoisotopic (exact) mass is 595 g/mol. The van der Waals surface area contributed by atoms with Gasteiger partial charge in [-0.1, -0.05) is 36.4 Å². The molecule has 1 aliphatic rings. The summed E-state index contributed by atoms with van der Waals surface area (Å²) in [5, 5.41) is 15.6. The molecule has 0 spiro atoms. The van der Waals surface area contributed by atoms with Crippen LogP contribution in [0.25, 0.3) is 0 Å². The van der Waals surface area contributed by atoms with Crippen LogP contribution in [0.1, 0.15) is 50.0 Å². The Labute approximate surface area is 242 Å². The summed E-state index contributed by atoms with van der Waals surface area (Å²) >= 11 is 0. The summed E-state index contributed by atoms with van der Waals surface area (Å²) in [6.45, 7) is -0.811. The Hall–Kier alpha value is -5.13. The standard InChI is InChI=1S/C31H25F4N3O5/c32-18-11-24(34)21(25(35)12-18)14-37-30(40)22-15-38(19-9-10-20-23(33)7-4-8-26(20)36-13-19)27(31(41)42)29(28(22)39)43-16-17-5-2-1-3-6-17/h1-8,11-12,15,19,36H,9-10,13-14,16H2,(H,37,40)(H,41,42)/t19-/m0/s1. The number of benzene rings is 3. The molecule has 1 atom stereocenters. The number of nitrogens with one attached hydrogen (secondary N) is 2. The van der Waals surface area contributed by atoms with E-state index in [1.165, 1.54) is 16.7 Å². The summed E-state index contributed by atoms with van der Waals surface area (Å²) in [4.78, 5) is 39.4. The number of carboxylic acid groups (broad SMARTS) is 1. The molecule has 0 unspecified atom stereocenters. The van der Waals surface area contributed by atoms with Gasteiger partial charge >= 0.3 is 5.97 Å². The number of amides is 1. The summed E-state index contributed by atoms with van der Waals surface area (Å²) < 4.78 is 63.1. The van der Waals surface area contributed by atoms with E-state index in [-0.39, 0.29) is 26.0 Å². The molecule has 8 nitrogen and oxygen atoms in total. The average Bonchev–Trinajstić information content (AvgIpc) is 3.20. The molecule has 0 saturated carbocycles. The van der Waals surface area contributed by atoms with Gasteiger partial charge in [0.2, 0.25) is 5.43 Å². The normalized spacial score (nSPS) is 14.3. The first kappa shape index (κ1) is 29.4. The molecule has 0 saturated heterocycles. The van der Waals surface area contributed by atoms with Gasteiger partial charge in [-0.25, -0.2) is 22.4 Å². The molecule has 4 aromatic rings. The number of fused-ring (bicyclic) bond motifs is 1. The van der Waals surface area contributed by atoms with Crippen molar-refractivity contribution < 1.29 is 37.0 Å². The Morgan fingerprint density at radius 3 is 2.42 bits per heavy atom. The number of pyridine rings is 1. The smallest absolute Gasteiger partial charge is 0.356 e. The minimum atomic E-state index is -1.50. The Balaban J connectivity index is 1.55. The van der Waals surface area contributed by atoms with Crippen LogP contribution < -0.4 is 20.8 Å². The zero-order chi connectivity index (χ0) is 30.7. The van der Waals surface area contributed by atoms with Crippen molar-refractivity contribution in [1.82, 2.24) is 9.88 Å². The third-order valence-electron chi connectivity index (χ3n) is 7.16. The fourth-order valence-corrected chi connectivity index (χ4v) is 4.99. The van der Waals surface area contributed by atoms with E-state index < -0.39 is 75.7 Å². The lowest BCUT2D eigenvalue weighted by atomic mass is 10.0. The molecule has 3 N–H and O–H groups in total. The number of carbonyl (C=O) groups excluding carboxylic acids is 1. The average molecular weight is 596 g/mol. The maximum absolute atomic E-state index is 14.5. The molecule has 5 rings (SSSR count). The predicted octanol–water partition coefficient (Wildman–Crippen LogP) is 5.21. The summed E-state index contributed by atoms with van der Waals surface area (Å²) in [5.41, 5.74) is -1.21. The summed E-state index contributed by atoms with van der Waals surface area (Å²) in [6, 6.07) is 13.4. The lowest BCUT2D eigenvalue weighted by Gasteiger charge is -2.24. The molecule has 12 heteroatoms. The number of halogens is 4. The van der Waals surface area contributed by atoms with Crippen LogP contribution in [0.5, 0.6) is 5.75 Å². The van der Waals surface area contributed by atoms with Crippen LogP contribution in [0.15, 0.2) is 71.7 Å². The molecule has 43 heavy (non-hydrogen) atoms. The molecule has 3 aromatic carbocycles. The Morgan fingerprint density at radius 1 is 1.00 bits per heavy atom. The number of carbonyl (C=O) groups is 2. The predicted molar refractivity (Wildman–Crippen MR) is 148 cm³/mol. The SMILES string of the molecule is O=C(NCc1c(F)cc(F)cc1F)c1cn([C@H]2CCc3c(F)cccc3NC2)c(C(=O)O)c(OCc2ccccc2)c1=O. The quantitative estimate of drug-likeness (QED) is 0.241. The lowest BCUT2D eigenvalue weighted by Crippen LogP contribution is -2.34. The number of hydrogen-bond acceptors (Lipinski definition) is 5. The molecular formula is C31H25F4N3O5. The topological polar surface area (TPSA) is 110 Å². The fraction of sp³-hybridized carbons (Fsp3) is 0.194. The maximum Gasteiger partial charge on any atom is 0.356 e. The number of hydrogen-bond donors (Lipinski definition) is 3. The van der Waals surface area contributed by atoms with Crippen molar-refractivity contribution in [3.63, 3.8) is 0 Å². The van der Waals surface area contributed by atoms with Crippen molar-refractivity contribution in [3.8, 4) is 5.75 Å². The molecule has 2 heterocycles. The lowest BCUT2D eigenvalue weighted by molar-refractivity contribution is 0.0673. The number of ether oxygens (including phenoxy) is 1. The number of rotatable bonds is 8. The van der Waals surface area contributed by atoms with Gasteiger partial charge in [0.15, 0.2) is 11.4 Å². The molecule has 0 aliphatic carbocycles. The van der Waals surface area contributed by atoms with E-state index in [2.05, 4.69) is 10.6 Å². The van der Waals surface area contributed by atoms with Crippen molar-refractivity contribution in [3.05, 3.63) is 128 Å². The van der Waals surface area contributed by atoms with E-state index in [0.29, 0.717) is 28.9 Å². The van der Waals surface area contributed by atoms with Crippen molar-refractivity contribution in [1.29, 1.82) is 0 Å². The van der Waals surface area contributed by atoms with Gasteiger partial charge in [0.25, 0.3) is 5.91 Å². The number of aromatic nitrogens is 1. The second kappa shape index (κ2) is 12.4. The molecule has 1 amide bonds. The largest absolute Gasteiger partial charge is 0.482 e. The van der Waals surface area contributed by atoms with E-state index >= 15 is 0 Å². The van der Waals surface area contributed by atoms with Crippen molar-refractivity contribution in [2.24, 2.45) is 0 Å². The second-order valence-corrected chi connectivity index (χ2v) is 9.91. The first-order valence-corrected chi connectivity index (χ1v) is 13.3. The molecular weight excluding hydrogens is 570 g/mol. The Morgan fingerprint density at radius 2 is 1.72 bits per heavy atom. The first-order chi connectivity index (χ1) is 20.6. The van der Waals surface area contributed by atoms with E-state index in [1.54, 1.807) is 36.4 Å². The van der Waals surface area contributed by atoms with Crippen LogP contribution >= 0.6 is 0 Å². The highest BCUT2D eigenvalue weighted by Crippen LogP contribution is 2.30. The van der Waals surface area contributed by atoms with Crippen LogP contribution in [0.3, 0.4) is 0 Å². The van der Waals surface area contributed by atoms with Gasteiger partial charge in [-0.05, 0) is 30.5 Å². The minimum Gasteiger partial charge on any atom is -0.482 e. The third kappa shape index (κ3) is 6.22. The zero-order valence-corrected chi connectivity index (χ0v) is 22.5. The van der Waals surface area contributed by atoms with E-state index in [1.807, 2.05) is 0 Å². The molecule has 222 valence electrons. The van der Waals surface area contributed by atoms with Crippen LogP contribution in [0, 0.1) is 23.3 Å².